The second-order valence-corrected chi connectivity index (χ2v) is 10.9. The number of piperidine rings is 1. The van der Waals surface area contributed by atoms with Gasteiger partial charge in [-0.2, -0.15) is 0 Å². The molecule has 2 N–H and O–H groups in total. The monoisotopic (exact) mass is 440 g/mol. The highest BCUT2D eigenvalue weighted by molar-refractivity contribution is 5.94. The van der Waals surface area contributed by atoms with Crippen LogP contribution in [0.1, 0.15) is 76.1 Å². The Hall–Kier alpha value is -1.88. The molecule has 5 nitrogen and oxygen atoms in total. The average Bonchev–Trinajstić information content (AvgIpc) is 2.81. The third-order valence-corrected chi connectivity index (χ3v) is 8.94. The summed E-state index contributed by atoms with van der Waals surface area (Å²) in [4.78, 5) is 28.0. The first-order chi connectivity index (χ1) is 15.3. The smallest absolute Gasteiger partial charge is 0.251 e. The standard InChI is InChI=1S/C27H40N2O3/c1-18(26(32)29-16-8-5-9-17-29)21-12-14-27(3)15-13-22(19(2)23(27)24(21)30)28-25(31)20-10-6-4-7-11-20/h4,6-7,10-11,18-19,21-24,30H,5,8-9,12-17H2,1-3H3,(H,28,31)/t18-,19+,21+,22-,23+,24-,27-/m0/s1. The van der Waals surface area contributed by atoms with Crippen LogP contribution < -0.4 is 5.32 Å². The van der Waals surface area contributed by atoms with Crippen molar-refractivity contribution in [2.75, 3.05) is 13.1 Å². The molecule has 5 heteroatoms. The predicted octanol–water partition coefficient (Wildman–Crippen LogP) is 4.26. The second-order valence-electron chi connectivity index (χ2n) is 10.9. The van der Waals surface area contributed by atoms with Crippen LogP contribution in [0.3, 0.4) is 0 Å². The third kappa shape index (κ3) is 4.46. The molecule has 176 valence electrons. The Kier molecular flexibility index (Phi) is 6.94. The minimum atomic E-state index is -0.510. The van der Waals surface area contributed by atoms with Crippen molar-refractivity contribution < 1.29 is 14.7 Å². The van der Waals surface area contributed by atoms with E-state index in [0.717, 1.165) is 51.6 Å². The van der Waals surface area contributed by atoms with Gasteiger partial charge in [-0.25, -0.2) is 0 Å². The molecule has 0 radical (unpaired) electrons. The van der Waals surface area contributed by atoms with Crippen LogP contribution in [-0.4, -0.2) is 47.1 Å². The maximum atomic E-state index is 13.2. The molecule has 2 saturated carbocycles. The summed E-state index contributed by atoms with van der Waals surface area (Å²) in [7, 11) is 0. The normalized spacial score (nSPS) is 36.1. The first-order valence-corrected chi connectivity index (χ1v) is 12.6. The number of hydrogen-bond acceptors (Lipinski definition) is 3. The number of aliphatic hydroxyl groups is 1. The lowest BCUT2D eigenvalue weighted by Gasteiger charge is -2.56. The summed E-state index contributed by atoms with van der Waals surface area (Å²) in [6, 6.07) is 9.40. The average molecular weight is 441 g/mol. The van der Waals surface area contributed by atoms with Gasteiger partial charge in [0.15, 0.2) is 0 Å². The van der Waals surface area contributed by atoms with E-state index >= 15 is 0 Å². The molecule has 3 fully saturated rings. The van der Waals surface area contributed by atoms with Gasteiger partial charge in [0, 0.05) is 30.6 Å². The maximum Gasteiger partial charge on any atom is 0.251 e. The van der Waals surface area contributed by atoms with Crippen molar-refractivity contribution in [3.63, 3.8) is 0 Å². The van der Waals surface area contributed by atoms with Crippen LogP contribution in [0.25, 0.3) is 0 Å². The topological polar surface area (TPSA) is 69.6 Å². The molecule has 2 amide bonds. The fourth-order valence-electron chi connectivity index (χ4n) is 6.92. The Morgan fingerprint density at radius 2 is 1.75 bits per heavy atom. The Morgan fingerprint density at radius 3 is 2.44 bits per heavy atom. The summed E-state index contributed by atoms with van der Waals surface area (Å²) in [5, 5.41) is 14.9. The highest BCUT2D eigenvalue weighted by atomic mass is 16.3. The molecule has 1 saturated heterocycles. The zero-order chi connectivity index (χ0) is 22.9. The van der Waals surface area contributed by atoms with Crippen molar-refractivity contribution in [1.29, 1.82) is 0 Å². The first-order valence-electron chi connectivity index (χ1n) is 12.6. The van der Waals surface area contributed by atoms with Gasteiger partial charge < -0.3 is 15.3 Å². The summed E-state index contributed by atoms with van der Waals surface area (Å²) in [6.45, 7) is 8.23. The van der Waals surface area contributed by atoms with E-state index in [1.807, 2.05) is 42.2 Å². The van der Waals surface area contributed by atoms with Crippen LogP contribution >= 0.6 is 0 Å². The van der Waals surface area contributed by atoms with Gasteiger partial charge in [0.2, 0.25) is 5.91 Å². The molecule has 0 bridgehead atoms. The van der Waals surface area contributed by atoms with Crippen LogP contribution in [0, 0.1) is 29.1 Å². The highest BCUT2D eigenvalue weighted by Crippen LogP contribution is 2.55. The number of amides is 2. The summed E-state index contributed by atoms with van der Waals surface area (Å²) >= 11 is 0. The Labute approximate surface area is 193 Å². The van der Waals surface area contributed by atoms with E-state index in [-0.39, 0.29) is 46.9 Å². The second kappa shape index (κ2) is 9.54. The minimum absolute atomic E-state index is 0.00599. The number of carbonyl (C=O) groups is 2. The number of hydrogen-bond donors (Lipinski definition) is 2. The van der Waals surface area contributed by atoms with Crippen molar-refractivity contribution in [2.45, 2.75) is 77.9 Å². The molecule has 0 aromatic heterocycles. The van der Waals surface area contributed by atoms with Gasteiger partial charge in [0.1, 0.15) is 0 Å². The first kappa shape index (κ1) is 23.3. The maximum absolute atomic E-state index is 13.2. The summed E-state index contributed by atoms with van der Waals surface area (Å²) in [6.07, 6.45) is 6.76. The van der Waals surface area contributed by atoms with E-state index in [9.17, 15) is 14.7 Å². The van der Waals surface area contributed by atoms with Gasteiger partial charge in [-0.05, 0) is 80.2 Å². The Balaban J connectivity index is 1.47. The minimum Gasteiger partial charge on any atom is -0.392 e. The lowest BCUT2D eigenvalue weighted by atomic mass is 9.51. The number of rotatable bonds is 4. The molecule has 1 aromatic rings. The molecule has 0 spiro atoms. The quantitative estimate of drug-likeness (QED) is 0.735. The van der Waals surface area contributed by atoms with Crippen molar-refractivity contribution in [3.05, 3.63) is 35.9 Å². The summed E-state index contributed by atoms with van der Waals surface area (Å²) < 4.78 is 0. The number of fused-ring (bicyclic) bond motifs is 1. The fraction of sp³-hybridized carbons (Fsp3) is 0.704. The van der Waals surface area contributed by atoms with E-state index < -0.39 is 6.10 Å². The van der Waals surface area contributed by atoms with Crippen LogP contribution in [0.15, 0.2) is 30.3 Å². The highest BCUT2D eigenvalue weighted by Gasteiger charge is 2.54. The molecule has 1 aliphatic heterocycles. The Morgan fingerprint density at radius 1 is 1.09 bits per heavy atom. The molecule has 2 aliphatic carbocycles. The van der Waals surface area contributed by atoms with Crippen molar-refractivity contribution in [3.8, 4) is 0 Å². The molecular formula is C27H40N2O3. The number of aliphatic hydroxyl groups excluding tert-OH is 1. The Bertz CT molecular complexity index is 806. The van der Waals surface area contributed by atoms with Crippen molar-refractivity contribution in [2.24, 2.45) is 29.1 Å². The van der Waals surface area contributed by atoms with E-state index in [4.69, 9.17) is 0 Å². The number of nitrogens with one attached hydrogen (secondary N) is 1. The number of likely N-dealkylation sites (tertiary alicyclic amines) is 1. The lowest BCUT2D eigenvalue weighted by Crippen LogP contribution is -2.58. The largest absolute Gasteiger partial charge is 0.392 e. The number of benzene rings is 1. The van der Waals surface area contributed by atoms with E-state index in [0.29, 0.717) is 5.56 Å². The zero-order valence-electron chi connectivity index (χ0n) is 19.9. The van der Waals surface area contributed by atoms with Crippen LogP contribution in [-0.2, 0) is 4.79 Å². The molecule has 1 aromatic carbocycles. The lowest BCUT2D eigenvalue weighted by molar-refractivity contribution is -0.150. The van der Waals surface area contributed by atoms with Gasteiger partial charge in [-0.3, -0.25) is 9.59 Å². The SMILES string of the molecule is C[C@H]1[C@@H]2[C@@H](O)[C@@H]([C@H](C)C(=O)N3CCCCC3)CC[C@@]2(C)CC[C@@H]1NC(=O)c1ccccc1. The number of carbonyl (C=O) groups excluding carboxylic acids is 2. The van der Waals surface area contributed by atoms with Gasteiger partial charge in [0.25, 0.3) is 5.91 Å². The fourth-order valence-corrected chi connectivity index (χ4v) is 6.92. The van der Waals surface area contributed by atoms with Gasteiger partial charge in [-0.1, -0.05) is 39.0 Å². The summed E-state index contributed by atoms with van der Waals surface area (Å²) in [5.74, 6) is 0.271. The molecule has 32 heavy (non-hydrogen) atoms. The predicted molar refractivity (Wildman–Crippen MR) is 126 cm³/mol. The summed E-state index contributed by atoms with van der Waals surface area (Å²) in [5.41, 5.74) is 0.743. The van der Waals surface area contributed by atoms with Crippen molar-refractivity contribution in [1.82, 2.24) is 10.2 Å². The molecular weight excluding hydrogens is 400 g/mol. The van der Waals surface area contributed by atoms with E-state index in [1.165, 1.54) is 6.42 Å². The third-order valence-electron chi connectivity index (χ3n) is 8.94. The molecule has 1 heterocycles. The van der Waals surface area contributed by atoms with Crippen LogP contribution in [0.4, 0.5) is 0 Å². The van der Waals surface area contributed by atoms with Crippen LogP contribution in [0.5, 0.6) is 0 Å². The van der Waals surface area contributed by atoms with Gasteiger partial charge >= 0.3 is 0 Å². The van der Waals surface area contributed by atoms with Crippen molar-refractivity contribution >= 4 is 11.8 Å². The number of nitrogens with zero attached hydrogens (tertiary/aromatic N) is 1. The van der Waals surface area contributed by atoms with E-state index in [1.54, 1.807) is 0 Å². The molecule has 3 aliphatic rings. The van der Waals surface area contributed by atoms with Crippen LogP contribution in [0.2, 0.25) is 0 Å². The van der Waals surface area contributed by atoms with Gasteiger partial charge in [0.05, 0.1) is 6.10 Å². The zero-order valence-corrected chi connectivity index (χ0v) is 19.9. The molecule has 0 unspecified atom stereocenters. The molecule has 4 rings (SSSR count). The van der Waals surface area contributed by atoms with Gasteiger partial charge in [-0.15, -0.1) is 0 Å². The molecule has 7 atom stereocenters. The van der Waals surface area contributed by atoms with E-state index in [2.05, 4.69) is 19.2 Å².